The fourth-order valence-electron chi connectivity index (χ4n) is 2.61. The van der Waals surface area contributed by atoms with Gasteiger partial charge in [0, 0.05) is 18.7 Å². The Balaban J connectivity index is 1.88. The molecule has 5 nitrogen and oxygen atoms in total. The van der Waals surface area contributed by atoms with Gasteiger partial charge in [-0.2, -0.15) is 0 Å². The summed E-state index contributed by atoms with van der Waals surface area (Å²) in [5.74, 6) is 0.508. The zero-order chi connectivity index (χ0) is 14.5. The van der Waals surface area contributed by atoms with Gasteiger partial charge in [-0.25, -0.2) is 0 Å². The summed E-state index contributed by atoms with van der Waals surface area (Å²) >= 11 is 0. The second-order valence-electron chi connectivity index (χ2n) is 5.25. The fourth-order valence-corrected chi connectivity index (χ4v) is 2.61. The Bertz CT molecular complexity index is 476. The largest absolute Gasteiger partial charge is 0.491 e. The number of rotatable bonds is 5. The first-order valence-electron chi connectivity index (χ1n) is 7.06. The van der Waals surface area contributed by atoms with Gasteiger partial charge in [0.05, 0.1) is 12.3 Å². The molecule has 1 heterocycles. The van der Waals surface area contributed by atoms with E-state index in [9.17, 15) is 4.79 Å². The monoisotopic (exact) mass is 277 g/mol. The zero-order valence-corrected chi connectivity index (χ0v) is 12.2. The van der Waals surface area contributed by atoms with E-state index in [1.54, 1.807) is 25.2 Å². The maximum absolute atomic E-state index is 11.5. The highest BCUT2D eigenvalue weighted by molar-refractivity contribution is 5.95. The van der Waals surface area contributed by atoms with Crippen LogP contribution in [-0.4, -0.2) is 44.1 Å². The average Bonchev–Trinajstić information content (AvgIpc) is 2.85. The van der Waals surface area contributed by atoms with Crippen molar-refractivity contribution in [2.75, 3.05) is 33.0 Å². The van der Waals surface area contributed by atoms with Crippen molar-refractivity contribution in [3.63, 3.8) is 0 Å². The highest BCUT2D eigenvalue weighted by atomic mass is 16.5. The molecule has 1 aromatic carbocycles. The maximum Gasteiger partial charge on any atom is 0.251 e. The van der Waals surface area contributed by atoms with E-state index in [0.29, 0.717) is 29.6 Å². The van der Waals surface area contributed by atoms with E-state index in [-0.39, 0.29) is 5.91 Å². The quantitative estimate of drug-likeness (QED) is 0.800. The summed E-state index contributed by atoms with van der Waals surface area (Å²) in [6.45, 7) is 1.83. The van der Waals surface area contributed by atoms with E-state index in [1.165, 1.54) is 19.4 Å². The van der Waals surface area contributed by atoms with E-state index < -0.39 is 0 Å². The third kappa shape index (κ3) is 3.42. The summed E-state index contributed by atoms with van der Waals surface area (Å²) in [5, 5.41) is 2.57. The average molecular weight is 277 g/mol. The van der Waals surface area contributed by atoms with Crippen LogP contribution in [0.4, 0.5) is 5.69 Å². The number of ether oxygens (including phenoxy) is 1. The zero-order valence-electron chi connectivity index (χ0n) is 12.2. The van der Waals surface area contributed by atoms with Gasteiger partial charge in [-0.3, -0.25) is 4.79 Å². The third-order valence-electron chi connectivity index (χ3n) is 3.88. The Hall–Kier alpha value is -1.75. The van der Waals surface area contributed by atoms with Crippen molar-refractivity contribution in [2.24, 2.45) is 0 Å². The lowest BCUT2D eigenvalue weighted by atomic mass is 10.1. The number of hydrogen-bond donors (Lipinski definition) is 2. The van der Waals surface area contributed by atoms with Crippen LogP contribution in [0.5, 0.6) is 5.75 Å². The van der Waals surface area contributed by atoms with Crippen LogP contribution in [0.3, 0.4) is 0 Å². The number of amides is 1. The normalized spacial score (nSPS) is 19.0. The first-order chi connectivity index (χ1) is 9.61. The molecular formula is C15H23N3O2. The molecule has 5 heteroatoms. The van der Waals surface area contributed by atoms with Crippen LogP contribution < -0.4 is 15.8 Å². The van der Waals surface area contributed by atoms with E-state index in [2.05, 4.69) is 17.3 Å². The van der Waals surface area contributed by atoms with Crippen LogP contribution >= 0.6 is 0 Å². The van der Waals surface area contributed by atoms with Crippen LogP contribution in [0.1, 0.15) is 29.6 Å². The van der Waals surface area contributed by atoms with Gasteiger partial charge in [0.25, 0.3) is 5.91 Å². The number of anilines is 1. The molecule has 1 amide bonds. The number of hydrogen-bond acceptors (Lipinski definition) is 4. The lowest BCUT2D eigenvalue weighted by Crippen LogP contribution is -2.26. The molecule has 0 aliphatic carbocycles. The summed E-state index contributed by atoms with van der Waals surface area (Å²) in [4.78, 5) is 13.9. The Morgan fingerprint density at radius 1 is 1.55 bits per heavy atom. The number of carbonyl (C=O) groups is 1. The van der Waals surface area contributed by atoms with Gasteiger partial charge < -0.3 is 20.7 Å². The van der Waals surface area contributed by atoms with E-state index in [1.807, 2.05) is 0 Å². The Morgan fingerprint density at radius 2 is 2.35 bits per heavy atom. The van der Waals surface area contributed by atoms with Gasteiger partial charge in [-0.05, 0) is 51.1 Å². The van der Waals surface area contributed by atoms with Crippen molar-refractivity contribution in [1.29, 1.82) is 0 Å². The highest BCUT2D eigenvalue weighted by Gasteiger charge is 2.20. The molecule has 3 N–H and O–H groups in total. The molecule has 0 saturated carbocycles. The van der Waals surface area contributed by atoms with Gasteiger partial charge in [0.1, 0.15) is 5.75 Å². The molecule has 0 radical (unpaired) electrons. The van der Waals surface area contributed by atoms with Gasteiger partial charge in [-0.15, -0.1) is 0 Å². The van der Waals surface area contributed by atoms with Crippen LogP contribution in [0.15, 0.2) is 18.2 Å². The number of nitrogens with one attached hydrogen (secondary N) is 1. The van der Waals surface area contributed by atoms with Crippen molar-refractivity contribution in [3.8, 4) is 5.75 Å². The lowest BCUT2D eigenvalue weighted by Gasteiger charge is -2.19. The number of nitrogen functional groups attached to an aromatic ring is 1. The number of carbonyl (C=O) groups excluding carboxylic acids is 1. The SMILES string of the molecule is CNC(=O)c1ccc(OCCC2CCCN2C)c(N)c1. The van der Waals surface area contributed by atoms with Crippen LogP contribution in [0, 0.1) is 0 Å². The second-order valence-corrected chi connectivity index (χ2v) is 5.25. The minimum atomic E-state index is -0.143. The summed E-state index contributed by atoms with van der Waals surface area (Å²) < 4.78 is 5.73. The molecular weight excluding hydrogens is 254 g/mol. The first-order valence-corrected chi connectivity index (χ1v) is 7.06. The van der Waals surface area contributed by atoms with Crippen molar-refractivity contribution in [3.05, 3.63) is 23.8 Å². The smallest absolute Gasteiger partial charge is 0.251 e. The lowest BCUT2D eigenvalue weighted by molar-refractivity contribution is 0.0963. The molecule has 0 bridgehead atoms. The number of nitrogens with zero attached hydrogens (tertiary/aromatic N) is 1. The summed E-state index contributed by atoms with van der Waals surface area (Å²) in [5.41, 5.74) is 6.97. The molecule has 1 aliphatic rings. The number of nitrogens with two attached hydrogens (primary N) is 1. The second kappa shape index (κ2) is 6.61. The molecule has 1 unspecified atom stereocenters. The molecule has 20 heavy (non-hydrogen) atoms. The van der Waals surface area contributed by atoms with Crippen molar-refractivity contribution < 1.29 is 9.53 Å². The summed E-state index contributed by atoms with van der Waals surface area (Å²) in [6, 6.07) is 5.75. The molecule has 2 rings (SSSR count). The highest BCUT2D eigenvalue weighted by Crippen LogP contribution is 2.24. The van der Waals surface area contributed by atoms with E-state index in [0.717, 1.165) is 6.42 Å². The fraction of sp³-hybridized carbons (Fsp3) is 0.533. The predicted octanol–water partition coefficient (Wildman–Crippen LogP) is 1.49. The molecule has 110 valence electrons. The molecule has 1 fully saturated rings. The van der Waals surface area contributed by atoms with Gasteiger partial charge >= 0.3 is 0 Å². The molecule has 1 atom stereocenters. The van der Waals surface area contributed by atoms with Gasteiger partial charge in [0.15, 0.2) is 0 Å². The minimum absolute atomic E-state index is 0.143. The molecule has 1 aliphatic heterocycles. The summed E-state index contributed by atoms with van der Waals surface area (Å²) in [6.07, 6.45) is 3.52. The Morgan fingerprint density at radius 3 is 2.95 bits per heavy atom. The van der Waals surface area contributed by atoms with E-state index in [4.69, 9.17) is 10.5 Å². The number of benzene rings is 1. The molecule has 1 saturated heterocycles. The number of likely N-dealkylation sites (tertiary alicyclic amines) is 1. The van der Waals surface area contributed by atoms with Gasteiger partial charge in [0.2, 0.25) is 0 Å². The van der Waals surface area contributed by atoms with Crippen LogP contribution in [-0.2, 0) is 0 Å². The molecule has 0 aromatic heterocycles. The van der Waals surface area contributed by atoms with Gasteiger partial charge in [-0.1, -0.05) is 0 Å². The van der Waals surface area contributed by atoms with Crippen molar-refractivity contribution >= 4 is 11.6 Å². The molecule has 1 aromatic rings. The maximum atomic E-state index is 11.5. The topological polar surface area (TPSA) is 67.6 Å². The standard InChI is InChI=1S/C15H23N3O2/c1-17-15(19)11-5-6-14(13(16)10-11)20-9-7-12-4-3-8-18(12)2/h5-6,10,12H,3-4,7-9,16H2,1-2H3,(H,17,19). The van der Waals surface area contributed by atoms with E-state index >= 15 is 0 Å². The predicted molar refractivity (Wildman–Crippen MR) is 80.0 cm³/mol. The van der Waals surface area contributed by atoms with Crippen LogP contribution in [0.25, 0.3) is 0 Å². The van der Waals surface area contributed by atoms with Crippen LogP contribution in [0.2, 0.25) is 0 Å². The minimum Gasteiger partial charge on any atom is -0.491 e. The Kier molecular flexibility index (Phi) is 4.84. The third-order valence-corrected chi connectivity index (χ3v) is 3.88. The molecule has 0 spiro atoms. The van der Waals surface area contributed by atoms with Crippen molar-refractivity contribution in [2.45, 2.75) is 25.3 Å². The Labute approximate surface area is 120 Å². The summed E-state index contributed by atoms with van der Waals surface area (Å²) in [7, 11) is 3.76. The first kappa shape index (κ1) is 14.7. The van der Waals surface area contributed by atoms with Crippen molar-refractivity contribution in [1.82, 2.24) is 10.2 Å².